The molecule has 110 valence electrons. The topological polar surface area (TPSA) is 20.5 Å². The summed E-state index contributed by atoms with van der Waals surface area (Å²) in [6.07, 6.45) is 2.09. The molecule has 0 aliphatic carbocycles. The number of rotatable bonds is 5. The van der Waals surface area contributed by atoms with E-state index in [1.165, 1.54) is 11.3 Å². The Kier molecular flexibility index (Phi) is 4.31. The molecule has 0 spiro atoms. The first-order valence-corrected chi connectivity index (χ1v) is 9.01. The molecule has 0 atom stereocenters. The fourth-order valence-corrected chi connectivity index (χ4v) is 3.71. The second-order valence-corrected chi connectivity index (χ2v) is 6.71. The Hall–Kier alpha value is -1.33. The lowest BCUT2D eigenvalue weighted by Gasteiger charge is -2.28. The first-order chi connectivity index (χ1) is 10.2. The van der Waals surface area contributed by atoms with E-state index in [9.17, 15) is 0 Å². The van der Waals surface area contributed by atoms with Crippen molar-refractivity contribution in [1.82, 2.24) is 9.38 Å². The molecule has 3 nitrogen and oxygen atoms in total. The van der Waals surface area contributed by atoms with Crippen molar-refractivity contribution in [2.45, 2.75) is 31.8 Å². The van der Waals surface area contributed by atoms with Crippen LogP contribution in [0.25, 0.3) is 4.96 Å². The molecule has 0 aliphatic heterocycles. The van der Waals surface area contributed by atoms with Crippen molar-refractivity contribution in [3.8, 4) is 0 Å². The zero-order valence-corrected chi connectivity index (χ0v) is 14.6. The largest absolute Gasteiger partial charge is 0.348 e. The maximum atomic E-state index is 4.84. The van der Waals surface area contributed by atoms with Crippen LogP contribution in [0.1, 0.15) is 25.1 Å². The molecule has 0 radical (unpaired) electrons. The molecule has 3 aromatic rings. The summed E-state index contributed by atoms with van der Waals surface area (Å²) in [4.78, 5) is 8.26. The second-order valence-electron chi connectivity index (χ2n) is 5.28. The zero-order chi connectivity index (χ0) is 14.8. The highest BCUT2D eigenvalue weighted by atomic mass is 79.9. The van der Waals surface area contributed by atoms with Gasteiger partial charge in [-0.3, -0.25) is 4.40 Å². The first-order valence-electron chi connectivity index (χ1n) is 7.01. The van der Waals surface area contributed by atoms with Gasteiger partial charge in [-0.25, -0.2) is 4.98 Å². The van der Waals surface area contributed by atoms with Crippen LogP contribution >= 0.6 is 27.3 Å². The van der Waals surface area contributed by atoms with E-state index < -0.39 is 0 Å². The van der Waals surface area contributed by atoms with Crippen molar-refractivity contribution < 1.29 is 0 Å². The van der Waals surface area contributed by atoms with E-state index in [4.69, 9.17) is 4.98 Å². The van der Waals surface area contributed by atoms with Crippen LogP contribution < -0.4 is 4.90 Å². The fourth-order valence-electron chi connectivity index (χ4n) is 2.46. The number of halogens is 1. The van der Waals surface area contributed by atoms with Gasteiger partial charge in [0.15, 0.2) is 10.8 Å². The van der Waals surface area contributed by atoms with E-state index in [2.05, 4.69) is 81.0 Å². The zero-order valence-electron chi connectivity index (χ0n) is 12.2. The lowest BCUT2D eigenvalue weighted by Crippen LogP contribution is -2.31. The Labute approximate surface area is 137 Å². The van der Waals surface area contributed by atoms with Crippen LogP contribution in [0.5, 0.6) is 0 Å². The smallest absolute Gasteiger partial charge is 0.195 e. The number of hydrogen-bond acceptors (Lipinski definition) is 3. The van der Waals surface area contributed by atoms with Crippen LogP contribution in [0.2, 0.25) is 0 Å². The summed E-state index contributed by atoms with van der Waals surface area (Å²) >= 11 is 5.29. The Morgan fingerprint density at radius 1 is 1.29 bits per heavy atom. The fraction of sp³-hybridized carbons (Fsp3) is 0.312. The molecule has 0 N–H and O–H groups in total. The normalized spacial score (nSPS) is 11.4. The Bertz CT molecular complexity index is 718. The second kappa shape index (κ2) is 6.20. The third-order valence-electron chi connectivity index (χ3n) is 3.56. The van der Waals surface area contributed by atoms with Crippen LogP contribution in [-0.4, -0.2) is 15.4 Å². The number of nitrogens with zero attached hydrogens (tertiary/aromatic N) is 3. The molecule has 2 heterocycles. The quantitative estimate of drug-likeness (QED) is 0.612. The maximum Gasteiger partial charge on any atom is 0.195 e. The van der Waals surface area contributed by atoms with Crippen LogP contribution in [0, 0.1) is 0 Å². The number of benzene rings is 1. The SMILES string of the molecule is CC(C)N(Cc1ccccc1)c1nc2sccn2c1CBr. The highest BCUT2D eigenvalue weighted by Crippen LogP contribution is 2.29. The third kappa shape index (κ3) is 2.85. The van der Waals surface area contributed by atoms with Crippen molar-refractivity contribution in [3.05, 3.63) is 53.2 Å². The van der Waals surface area contributed by atoms with E-state index in [0.29, 0.717) is 6.04 Å². The van der Waals surface area contributed by atoms with Gasteiger partial charge in [0.2, 0.25) is 0 Å². The summed E-state index contributed by atoms with van der Waals surface area (Å²) in [6.45, 7) is 5.31. The third-order valence-corrected chi connectivity index (χ3v) is 4.85. The van der Waals surface area contributed by atoms with E-state index in [1.54, 1.807) is 11.3 Å². The minimum Gasteiger partial charge on any atom is -0.348 e. The van der Waals surface area contributed by atoms with Crippen molar-refractivity contribution in [3.63, 3.8) is 0 Å². The van der Waals surface area contributed by atoms with Crippen molar-refractivity contribution in [2.75, 3.05) is 4.90 Å². The summed E-state index contributed by atoms with van der Waals surface area (Å²) in [5, 5.41) is 2.88. The van der Waals surface area contributed by atoms with Gasteiger partial charge >= 0.3 is 0 Å². The predicted molar refractivity (Wildman–Crippen MR) is 93.5 cm³/mol. The first kappa shape index (κ1) is 14.6. The number of aromatic nitrogens is 2. The van der Waals surface area contributed by atoms with E-state index >= 15 is 0 Å². The van der Waals surface area contributed by atoms with Crippen LogP contribution in [-0.2, 0) is 11.9 Å². The van der Waals surface area contributed by atoms with Crippen LogP contribution in [0.4, 0.5) is 5.82 Å². The predicted octanol–water partition coefficient (Wildman–Crippen LogP) is 4.71. The lowest BCUT2D eigenvalue weighted by molar-refractivity contribution is 0.672. The maximum absolute atomic E-state index is 4.84. The van der Waals surface area contributed by atoms with Gasteiger partial charge in [0.25, 0.3) is 0 Å². The van der Waals surface area contributed by atoms with E-state index in [-0.39, 0.29) is 0 Å². The molecule has 0 amide bonds. The molecular formula is C16H18BrN3S. The minimum absolute atomic E-state index is 0.396. The molecule has 0 saturated carbocycles. The van der Waals surface area contributed by atoms with E-state index in [0.717, 1.165) is 22.7 Å². The number of fused-ring (bicyclic) bond motifs is 1. The number of alkyl halides is 1. The van der Waals surface area contributed by atoms with Crippen molar-refractivity contribution in [2.24, 2.45) is 0 Å². The van der Waals surface area contributed by atoms with Gasteiger partial charge in [-0.1, -0.05) is 46.3 Å². The molecule has 0 aliphatic rings. The van der Waals surface area contributed by atoms with Crippen molar-refractivity contribution >= 4 is 38.0 Å². The number of hydrogen-bond donors (Lipinski definition) is 0. The number of imidazole rings is 1. The molecule has 3 rings (SSSR count). The van der Waals surface area contributed by atoms with Gasteiger partial charge < -0.3 is 4.90 Å². The summed E-state index contributed by atoms with van der Waals surface area (Å²) < 4.78 is 2.18. The monoisotopic (exact) mass is 363 g/mol. The van der Waals surface area contributed by atoms with Crippen LogP contribution in [0.3, 0.4) is 0 Å². The summed E-state index contributed by atoms with van der Waals surface area (Å²) in [7, 11) is 0. The average Bonchev–Trinajstić information content (AvgIpc) is 3.05. The summed E-state index contributed by atoms with van der Waals surface area (Å²) in [5.41, 5.74) is 2.53. The Morgan fingerprint density at radius 3 is 2.71 bits per heavy atom. The highest BCUT2D eigenvalue weighted by molar-refractivity contribution is 9.08. The van der Waals surface area contributed by atoms with Gasteiger partial charge in [-0.2, -0.15) is 0 Å². The molecule has 0 bridgehead atoms. The molecular weight excluding hydrogens is 346 g/mol. The molecule has 2 aromatic heterocycles. The lowest BCUT2D eigenvalue weighted by atomic mass is 10.2. The van der Waals surface area contributed by atoms with Gasteiger partial charge in [0.1, 0.15) is 0 Å². The van der Waals surface area contributed by atoms with Gasteiger partial charge in [-0.05, 0) is 19.4 Å². The molecule has 1 aromatic carbocycles. The van der Waals surface area contributed by atoms with Crippen LogP contribution in [0.15, 0.2) is 41.9 Å². The minimum atomic E-state index is 0.396. The van der Waals surface area contributed by atoms with E-state index in [1.807, 2.05) is 0 Å². The molecule has 21 heavy (non-hydrogen) atoms. The summed E-state index contributed by atoms with van der Waals surface area (Å²) in [6, 6.07) is 11.0. The Balaban J connectivity index is 2.01. The average molecular weight is 364 g/mol. The Morgan fingerprint density at radius 2 is 2.05 bits per heavy atom. The molecule has 0 saturated heterocycles. The highest BCUT2D eigenvalue weighted by Gasteiger charge is 2.20. The number of thiazole rings is 1. The summed E-state index contributed by atoms with van der Waals surface area (Å²) in [5.74, 6) is 1.08. The number of anilines is 1. The molecule has 0 fully saturated rings. The molecule has 5 heteroatoms. The van der Waals surface area contributed by atoms with Crippen molar-refractivity contribution in [1.29, 1.82) is 0 Å². The van der Waals surface area contributed by atoms with Gasteiger partial charge in [0, 0.05) is 29.5 Å². The van der Waals surface area contributed by atoms with Gasteiger partial charge in [-0.15, -0.1) is 11.3 Å². The van der Waals surface area contributed by atoms with Gasteiger partial charge in [0.05, 0.1) is 5.69 Å². The standard InChI is InChI=1S/C16H18BrN3S/c1-12(2)20(11-13-6-4-3-5-7-13)15-14(10-17)19-8-9-21-16(19)18-15/h3-9,12H,10-11H2,1-2H3. The molecule has 0 unspecified atom stereocenters.